The van der Waals surface area contributed by atoms with E-state index in [1.807, 2.05) is 32.9 Å². The van der Waals surface area contributed by atoms with Crippen LogP contribution in [-0.2, 0) is 5.41 Å². The molecule has 5 rings (SSSR count). The molecule has 1 aliphatic heterocycles. The number of piperidine rings is 1. The highest BCUT2D eigenvalue weighted by molar-refractivity contribution is 5.98. The summed E-state index contributed by atoms with van der Waals surface area (Å²) in [4.78, 5) is 23.7. The van der Waals surface area contributed by atoms with Crippen LogP contribution in [0.1, 0.15) is 63.5 Å². The zero-order valence-corrected chi connectivity index (χ0v) is 23.1. The van der Waals surface area contributed by atoms with Crippen molar-refractivity contribution in [3.63, 3.8) is 0 Å². The average Bonchev–Trinajstić information content (AvgIpc) is 3.57. The summed E-state index contributed by atoms with van der Waals surface area (Å²) in [6, 6.07) is 6.60. The summed E-state index contributed by atoms with van der Waals surface area (Å²) >= 11 is 0. The van der Waals surface area contributed by atoms with Gasteiger partial charge in [-0.25, -0.2) is 19.3 Å². The molecule has 0 bridgehead atoms. The minimum absolute atomic E-state index is 0.211. The number of nitrogens with one attached hydrogen (secondary N) is 2. The van der Waals surface area contributed by atoms with Gasteiger partial charge in [-0.2, -0.15) is 0 Å². The highest BCUT2D eigenvalue weighted by Gasteiger charge is 2.20. The smallest absolute Gasteiger partial charge is 0.326 e. The van der Waals surface area contributed by atoms with Crippen LogP contribution in [0.3, 0.4) is 0 Å². The number of carbonyl (C=O) groups excluding carboxylic acids is 1. The van der Waals surface area contributed by atoms with Gasteiger partial charge in [0.1, 0.15) is 17.2 Å². The van der Waals surface area contributed by atoms with E-state index in [-0.39, 0.29) is 5.41 Å². The Balaban J connectivity index is 1.13. The van der Waals surface area contributed by atoms with E-state index in [4.69, 9.17) is 9.26 Å². The van der Waals surface area contributed by atoms with Crippen molar-refractivity contribution in [3.05, 3.63) is 59.9 Å². The maximum absolute atomic E-state index is 12.4. The number of carbonyl (C=O) groups is 1. The first-order valence-corrected chi connectivity index (χ1v) is 13.6. The first kappa shape index (κ1) is 27.1. The Morgan fingerprint density at radius 3 is 2.62 bits per heavy atom. The fraction of sp³-hybridized carbons (Fsp3) is 0.414. The van der Waals surface area contributed by atoms with Crippen molar-refractivity contribution in [2.75, 3.05) is 36.9 Å². The molecule has 0 spiro atoms. The lowest BCUT2D eigenvalue weighted by Crippen LogP contribution is -2.31. The summed E-state index contributed by atoms with van der Waals surface area (Å²) in [5.74, 6) is 8.17. The van der Waals surface area contributed by atoms with Crippen molar-refractivity contribution >= 4 is 23.3 Å². The van der Waals surface area contributed by atoms with Gasteiger partial charge >= 0.3 is 6.03 Å². The molecule has 0 saturated carbocycles. The highest BCUT2D eigenvalue weighted by Crippen LogP contribution is 2.24. The van der Waals surface area contributed by atoms with Gasteiger partial charge in [-0.3, -0.25) is 10.6 Å². The number of fused-ring (bicyclic) bond motifs is 1. The number of rotatable bonds is 7. The van der Waals surface area contributed by atoms with Crippen molar-refractivity contribution in [3.8, 4) is 17.6 Å². The third-order valence-electron chi connectivity index (χ3n) is 6.45. The predicted molar refractivity (Wildman–Crippen MR) is 151 cm³/mol. The second kappa shape index (κ2) is 12.2. The zero-order valence-electron chi connectivity index (χ0n) is 23.1. The summed E-state index contributed by atoms with van der Waals surface area (Å²) < 4.78 is 12.7. The standard InChI is InChI=1S/C29H34N8O3/c1-29(2,3)24-16-26(35-40-24)33-28(38)32-25-17-27-31-18-21(20-37(27)34-25)8-9-22-10-11-23(19-30-22)39-15-7-14-36-12-5-4-6-13-36/h10-11,16-20H,4-7,12-15H2,1-3H3,(H2,32,33,34,35,38). The molecule has 5 heterocycles. The first-order chi connectivity index (χ1) is 19.3. The number of hydrogen-bond donors (Lipinski definition) is 2. The van der Waals surface area contributed by atoms with Crippen LogP contribution in [0.25, 0.3) is 5.65 Å². The van der Waals surface area contributed by atoms with E-state index in [0.29, 0.717) is 40.9 Å². The van der Waals surface area contributed by atoms with Gasteiger partial charge in [0.25, 0.3) is 0 Å². The SMILES string of the molecule is CC(C)(C)c1cc(NC(=O)Nc2cc3ncc(C#Cc4ccc(OCCCN5CCCCC5)cn4)cn3n2)no1. The third kappa shape index (κ3) is 7.36. The molecule has 1 aliphatic rings. The molecule has 11 heteroatoms. The van der Waals surface area contributed by atoms with E-state index in [1.54, 1.807) is 35.2 Å². The number of hydrogen-bond acceptors (Lipinski definition) is 8. The lowest BCUT2D eigenvalue weighted by molar-refractivity contribution is 0.205. The van der Waals surface area contributed by atoms with Gasteiger partial charge in [-0.1, -0.05) is 38.3 Å². The molecule has 2 amide bonds. The van der Waals surface area contributed by atoms with E-state index >= 15 is 0 Å². The van der Waals surface area contributed by atoms with E-state index in [1.165, 1.54) is 32.4 Å². The summed E-state index contributed by atoms with van der Waals surface area (Å²) in [7, 11) is 0. The van der Waals surface area contributed by atoms with Crippen LogP contribution in [0.15, 0.2) is 47.4 Å². The number of likely N-dealkylation sites (tertiary alicyclic amines) is 1. The van der Waals surface area contributed by atoms with Crippen molar-refractivity contribution in [1.82, 2.24) is 29.6 Å². The Morgan fingerprint density at radius 2 is 1.88 bits per heavy atom. The number of anilines is 2. The minimum Gasteiger partial charge on any atom is -0.492 e. The number of pyridine rings is 1. The maximum Gasteiger partial charge on any atom is 0.326 e. The largest absolute Gasteiger partial charge is 0.492 e. The average molecular weight is 543 g/mol. The predicted octanol–water partition coefficient (Wildman–Crippen LogP) is 4.71. The van der Waals surface area contributed by atoms with Gasteiger partial charge in [0, 0.05) is 36.5 Å². The molecule has 208 valence electrons. The molecule has 4 aromatic heterocycles. The number of urea groups is 1. The van der Waals surface area contributed by atoms with Crippen LogP contribution >= 0.6 is 0 Å². The number of aromatic nitrogens is 5. The monoisotopic (exact) mass is 542 g/mol. The molecule has 4 aromatic rings. The molecule has 0 unspecified atom stereocenters. The van der Waals surface area contributed by atoms with Crippen LogP contribution in [0.2, 0.25) is 0 Å². The molecule has 2 N–H and O–H groups in total. The Morgan fingerprint density at radius 1 is 1.05 bits per heavy atom. The molecule has 1 saturated heterocycles. The lowest BCUT2D eigenvalue weighted by Gasteiger charge is -2.26. The molecule has 0 radical (unpaired) electrons. The molecule has 0 aliphatic carbocycles. The summed E-state index contributed by atoms with van der Waals surface area (Å²) in [5, 5.41) is 13.6. The van der Waals surface area contributed by atoms with Gasteiger partial charge in [-0.15, -0.1) is 5.10 Å². The minimum atomic E-state index is -0.488. The Labute approximate surface area is 233 Å². The first-order valence-electron chi connectivity index (χ1n) is 13.6. The van der Waals surface area contributed by atoms with E-state index in [9.17, 15) is 4.79 Å². The summed E-state index contributed by atoms with van der Waals surface area (Å²) in [6.45, 7) is 10.2. The van der Waals surface area contributed by atoms with Crippen molar-refractivity contribution in [2.24, 2.45) is 0 Å². The molecule has 40 heavy (non-hydrogen) atoms. The normalized spacial score (nSPS) is 14.0. The third-order valence-corrected chi connectivity index (χ3v) is 6.45. The fourth-order valence-electron chi connectivity index (χ4n) is 4.29. The van der Waals surface area contributed by atoms with Crippen LogP contribution in [0, 0.1) is 11.8 Å². The highest BCUT2D eigenvalue weighted by atomic mass is 16.5. The molecular formula is C29H34N8O3. The molecule has 1 fully saturated rings. The Hall–Kier alpha value is -4.43. The Bertz CT molecular complexity index is 1500. The van der Waals surface area contributed by atoms with Gasteiger partial charge < -0.3 is 14.2 Å². The lowest BCUT2D eigenvalue weighted by atomic mass is 9.93. The number of nitrogens with zero attached hydrogens (tertiary/aromatic N) is 6. The van der Waals surface area contributed by atoms with Crippen molar-refractivity contribution in [2.45, 2.75) is 51.9 Å². The molecule has 0 atom stereocenters. The van der Waals surface area contributed by atoms with Gasteiger partial charge in [-0.05, 0) is 50.4 Å². The zero-order chi connectivity index (χ0) is 28.0. The summed E-state index contributed by atoms with van der Waals surface area (Å²) in [5.41, 5.74) is 1.64. The maximum atomic E-state index is 12.4. The van der Waals surface area contributed by atoms with E-state index in [2.05, 4.69) is 47.6 Å². The topological polar surface area (TPSA) is 123 Å². The van der Waals surface area contributed by atoms with Gasteiger partial charge in [0.05, 0.1) is 18.4 Å². The number of amides is 2. The molecular weight excluding hydrogens is 508 g/mol. The number of ether oxygens (including phenoxy) is 1. The van der Waals surface area contributed by atoms with E-state index in [0.717, 1.165) is 18.7 Å². The molecule has 0 aromatic carbocycles. The second-order valence-corrected chi connectivity index (χ2v) is 10.8. The van der Waals surface area contributed by atoms with Crippen molar-refractivity contribution in [1.29, 1.82) is 0 Å². The van der Waals surface area contributed by atoms with Crippen LogP contribution < -0.4 is 15.4 Å². The van der Waals surface area contributed by atoms with Crippen LogP contribution in [0.4, 0.5) is 16.4 Å². The van der Waals surface area contributed by atoms with E-state index < -0.39 is 6.03 Å². The van der Waals surface area contributed by atoms with Gasteiger partial charge in [0.15, 0.2) is 17.3 Å². The molecule has 11 nitrogen and oxygen atoms in total. The van der Waals surface area contributed by atoms with Crippen LogP contribution in [-0.4, -0.2) is 61.9 Å². The Kier molecular flexibility index (Phi) is 8.26. The fourth-order valence-corrected chi connectivity index (χ4v) is 4.29. The van der Waals surface area contributed by atoms with Crippen molar-refractivity contribution < 1.29 is 14.1 Å². The second-order valence-electron chi connectivity index (χ2n) is 10.8. The quantitative estimate of drug-likeness (QED) is 0.254. The van der Waals surface area contributed by atoms with Crippen LogP contribution in [0.5, 0.6) is 5.75 Å². The summed E-state index contributed by atoms with van der Waals surface area (Å²) in [6.07, 6.45) is 10.1. The van der Waals surface area contributed by atoms with Gasteiger partial charge in [0.2, 0.25) is 0 Å².